The number of ether oxygens (including phenoxy) is 1. The number of hydrogen-bond donors (Lipinski definition) is 0. The Morgan fingerprint density at radius 3 is 2.12 bits per heavy atom. The van der Waals surface area contributed by atoms with Gasteiger partial charge in [0.15, 0.2) is 11.4 Å². The van der Waals surface area contributed by atoms with Crippen molar-refractivity contribution in [1.82, 2.24) is 0 Å². The maximum atomic E-state index is 13.0. The standard InChI is InChI=1S/C17H15Br2F3O3/c1-8-6-10(18)12(11(19)7-8)13-14(23)16(25-15(13)24)4-2-9(3-5-16)17(20,21)22/h6-7,9,13H,2-5H2,1H3. The van der Waals surface area contributed by atoms with Gasteiger partial charge in [-0.05, 0) is 50.3 Å². The van der Waals surface area contributed by atoms with Crippen LogP contribution in [0, 0.1) is 12.8 Å². The molecule has 1 aliphatic carbocycles. The van der Waals surface area contributed by atoms with Crippen LogP contribution in [0.1, 0.15) is 42.7 Å². The number of carbonyl (C=O) groups is 2. The molecule has 0 radical (unpaired) electrons. The van der Waals surface area contributed by atoms with Crippen LogP contribution in [0.5, 0.6) is 0 Å². The minimum absolute atomic E-state index is 0.0840. The van der Waals surface area contributed by atoms with E-state index in [4.69, 9.17) is 4.74 Å². The molecule has 1 atom stereocenters. The number of benzene rings is 1. The molecule has 2 aliphatic rings. The summed E-state index contributed by atoms with van der Waals surface area (Å²) in [6, 6.07) is 3.57. The quantitative estimate of drug-likeness (QED) is 0.406. The smallest absolute Gasteiger partial charge is 0.391 e. The third-order valence-electron chi connectivity index (χ3n) is 5.01. The van der Waals surface area contributed by atoms with Crippen LogP contribution in [0.2, 0.25) is 0 Å². The van der Waals surface area contributed by atoms with Gasteiger partial charge in [-0.2, -0.15) is 13.2 Å². The summed E-state index contributed by atoms with van der Waals surface area (Å²) in [6.07, 6.45) is -4.86. The van der Waals surface area contributed by atoms with Crippen molar-refractivity contribution in [3.8, 4) is 0 Å². The number of alkyl halides is 3. The van der Waals surface area contributed by atoms with E-state index in [0.717, 1.165) is 5.56 Å². The van der Waals surface area contributed by atoms with Crippen LogP contribution < -0.4 is 0 Å². The zero-order chi connectivity index (χ0) is 18.6. The third kappa shape index (κ3) is 3.27. The highest BCUT2D eigenvalue weighted by atomic mass is 79.9. The second-order valence-electron chi connectivity index (χ2n) is 6.67. The van der Waals surface area contributed by atoms with Crippen LogP contribution >= 0.6 is 31.9 Å². The molecule has 1 unspecified atom stereocenters. The Morgan fingerprint density at radius 2 is 1.64 bits per heavy atom. The molecule has 1 saturated heterocycles. The Labute approximate surface area is 159 Å². The lowest BCUT2D eigenvalue weighted by Crippen LogP contribution is -2.43. The molecule has 0 bridgehead atoms. The molecule has 1 aliphatic heterocycles. The fraction of sp³-hybridized carbons (Fsp3) is 0.529. The van der Waals surface area contributed by atoms with Gasteiger partial charge in [0.2, 0.25) is 0 Å². The SMILES string of the molecule is Cc1cc(Br)c(C2C(=O)OC3(CCC(C(F)(F)F)CC3)C2=O)c(Br)c1. The largest absolute Gasteiger partial charge is 0.450 e. The molecule has 25 heavy (non-hydrogen) atoms. The Hall–Kier alpha value is -0.890. The predicted molar refractivity (Wildman–Crippen MR) is 91.2 cm³/mol. The monoisotopic (exact) mass is 482 g/mol. The molecule has 3 nitrogen and oxygen atoms in total. The first-order valence-corrected chi connectivity index (χ1v) is 9.43. The normalized spacial score (nSPS) is 30.0. The lowest BCUT2D eigenvalue weighted by Gasteiger charge is -2.35. The van der Waals surface area contributed by atoms with E-state index in [9.17, 15) is 22.8 Å². The van der Waals surface area contributed by atoms with Gasteiger partial charge < -0.3 is 4.74 Å². The lowest BCUT2D eigenvalue weighted by atomic mass is 9.74. The summed E-state index contributed by atoms with van der Waals surface area (Å²) in [4.78, 5) is 25.4. The van der Waals surface area contributed by atoms with Crippen molar-refractivity contribution in [2.45, 2.75) is 50.3 Å². The van der Waals surface area contributed by atoms with Crippen molar-refractivity contribution in [3.63, 3.8) is 0 Å². The molecular formula is C17H15Br2F3O3. The number of hydrogen-bond acceptors (Lipinski definition) is 3. The highest BCUT2D eigenvalue weighted by Gasteiger charge is 2.59. The molecule has 2 fully saturated rings. The first-order valence-electron chi connectivity index (χ1n) is 7.84. The number of esters is 1. The van der Waals surface area contributed by atoms with Gasteiger partial charge in [0, 0.05) is 14.5 Å². The second-order valence-corrected chi connectivity index (χ2v) is 8.38. The van der Waals surface area contributed by atoms with Crippen LogP contribution in [0.4, 0.5) is 13.2 Å². The first-order chi connectivity index (χ1) is 11.5. The predicted octanol–water partition coefficient (Wildman–Crippen LogP) is 5.22. The summed E-state index contributed by atoms with van der Waals surface area (Å²) < 4.78 is 45.2. The molecule has 1 spiro atoms. The van der Waals surface area contributed by atoms with Crippen molar-refractivity contribution in [2.24, 2.45) is 5.92 Å². The minimum Gasteiger partial charge on any atom is -0.450 e. The number of ketones is 1. The Bertz CT molecular complexity index is 714. The van der Waals surface area contributed by atoms with E-state index in [1.807, 2.05) is 6.92 Å². The maximum Gasteiger partial charge on any atom is 0.391 e. The summed E-state index contributed by atoms with van der Waals surface area (Å²) in [6.45, 7) is 1.87. The lowest BCUT2D eigenvalue weighted by molar-refractivity contribution is -0.194. The van der Waals surface area contributed by atoms with Crippen LogP contribution in [0.15, 0.2) is 21.1 Å². The van der Waals surface area contributed by atoms with E-state index in [0.29, 0.717) is 14.5 Å². The van der Waals surface area contributed by atoms with E-state index in [1.165, 1.54) is 0 Å². The topological polar surface area (TPSA) is 43.4 Å². The average molecular weight is 484 g/mol. The summed E-state index contributed by atoms with van der Waals surface area (Å²) in [5.74, 6) is -3.70. The summed E-state index contributed by atoms with van der Waals surface area (Å²) in [5.41, 5.74) is -0.0232. The maximum absolute atomic E-state index is 13.0. The van der Waals surface area contributed by atoms with Gasteiger partial charge in [-0.15, -0.1) is 0 Å². The van der Waals surface area contributed by atoms with Gasteiger partial charge >= 0.3 is 12.1 Å². The minimum atomic E-state index is -4.28. The zero-order valence-corrected chi connectivity index (χ0v) is 16.4. The molecule has 136 valence electrons. The number of Topliss-reactive ketones (excluding diaryl/α,β-unsaturated/α-hetero) is 1. The van der Waals surface area contributed by atoms with E-state index in [1.54, 1.807) is 12.1 Å². The van der Waals surface area contributed by atoms with E-state index < -0.39 is 35.4 Å². The molecule has 3 rings (SSSR count). The Balaban J connectivity index is 1.90. The van der Waals surface area contributed by atoms with Gasteiger partial charge in [-0.3, -0.25) is 9.59 Å². The second kappa shape index (κ2) is 6.37. The van der Waals surface area contributed by atoms with E-state index in [2.05, 4.69) is 31.9 Å². The number of aryl methyl sites for hydroxylation is 1. The number of rotatable bonds is 1. The van der Waals surface area contributed by atoms with Crippen LogP contribution in [0.25, 0.3) is 0 Å². The first kappa shape index (κ1) is 18.9. The number of carbonyl (C=O) groups excluding carboxylic acids is 2. The molecule has 8 heteroatoms. The summed E-state index contributed by atoms with van der Waals surface area (Å²) in [7, 11) is 0. The van der Waals surface area contributed by atoms with Crippen LogP contribution in [-0.4, -0.2) is 23.5 Å². The molecule has 0 aromatic heterocycles. The fourth-order valence-corrected chi connectivity index (χ4v) is 5.54. The molecule has 1 aromatic carbocycles. The van der Waals surface area contributed by atoms with Crippen molar-refractivity contribution in [3.05, 3.63) is 32.2 Å². The van der Waals surface area contributed by atoms with E-state index in [-0.39, 0.29) is 25.7 Å². The Morgan fingerprint density at radius 1 is 1.12 bits per heavy atom. The fourth-order valence-electron chi connectivity index (χ4n) is 3.67. The number of halogens is 5. The van der Waals surface area contributed by atoms with Gasteiger partial charge in [-0.25, -0.2) is 0 Å². The van der Waals surface area contributed by atoms with E-state index >= 15 is 0 Å². The van der Waals surface area contributed by atoms with Crippen molar-refractivity contribution in [2.75, 3.05) is 0 Å². The van der Waals surface area contributed by atoms with Gasteiger partial charge in [0.25, 0.3) is 0 Å². The summed E-state index contributed by atoms with van der Waals surface area (Å²) >= 11 is 6.74. The van der Waals surface area contributed by atoms with Gasteiger partial charge in [-0.1, -0.05) is 31.9 Å². The van der Waals surface area contributed by atoms with Crippen molar-refractivity contribution >= 4 is 43.6 Å². The van der Waals surface area contributed by atoms with Crippen molar-refractivity contribution < 1.29 is 27.5 Å². The van der Waals surface area contributed by atoms with Crippen LogP contribution in [-0.2, 0) is 14.3 Å². The van der Waals surface area contributed by atoms with Crippen LogP contribution in [0.3, 0.4) is 0 Å². The third-order valence-corrected chi connectivity index (χ3v) is 6.32. The molecule has 1 saturated carbocycles. The average Bonchev–Trinajstić information content (AvgIpc) is 2.70. The van der Waals surface area contributed by atoms with Crippen molar-refractivity contribution in [1.29, 1.82) is 0 Å². The van der Waals surface area contributed by atoms with Gasteiger partial charge in [0.05, 0.1) is 5.92 Å². The molecular weight excluding hydrogens is 469 g/mol. The van der Waals surface area contributed by atoms with Gasteiger partial charge in [0.1, 0.15) is 5.92 Å². The molecule has 0 amide bonds. The Kier molecular flexibility index (Phi) is 4.81. The highest BCUT2D eigenvalue weighted by molar-refractivity contribution is 9.11. The molecule has 0 N–H and O–H groups in total. The summed E-state index contributed by atoms with van der Waals surface area (Å²) in [5, 5.41) is 0. The molecule has 1 aromatic rings. The highest BCUT2D eigenvalue weighted by Crippen LogP contribution is 2.49. The molecule has 1 heterocycles. The zero-order valence-electron chi connectivity index (χ0n) is 13.3.